The maximum Gasteiger partial charge on any atom is 0.411 e. The molecule has 0 aliphatic carbocycles. The number of hydrogen-bond acceptors (Lipinski definition) is 4. The zero-order valence-corrected chi connectivity index (χ0v) is 9.83. The second-order valence-electron chi connectivity index (χ2n) is 3.58. The van der Waals surface area contributed by atoms with Crippen molar-refractivity contribution >= 4 is 11.7 Å². The molecule has 0 aliphatic rings. The highest BCUT2D eigenvalue weighted by atomic mass is 19.4. The third kappa shape index (κ3) is 8.62. The molecule has 0 aliphatic heterocycles. The Bertz CT molecular complexity index is 295. The van der Waals surface area contributed by atoms with Crippen LogP contribution in [-0.4, -0.2) is 42.4 Å². The predicted molar refractivity (Wildman–Crippen MR) is 57.1 cm³/mol. The van der Waals surface area contributed by atoms with E-state index in [1.807, 2.05) is 0 Å². The highest BCUT2D eigenvalue weighted by molar-refractivity contribution is 5.82. The van der Waals surface area contributed by atoms with Crippen LogP contribution in [0.1, 0.15) is 19.8 Å². The molecule has 0 saturated carbocycles. The molecule has 9 heteroatoms. The SMILES string of the molecule is CCC(CC(N)=NO)NC(=O)COCC(F)(F)F. The molecule has 0 rings (SSSR count). The van der Waals surface area contributed by atoms with E-state index in [0.717, 1.165) is 0 Å². The van der Waals surface area contributed by atoms with Gasteiger partial charge in [-0.2, -0.15) is 13.2 Å². The minimum absolute atomic E-state index is 0.0710. The molecule has 1 amide bonds. The minimum Gasteiger partial charge on any atom is -0.409 e. The first-order valence-electron chi connectivity index (χ1n) is 5.18. The van der Waals surface area contributed by atoms with Crippen LogP contribution in [0.15, 0.2) is 5.16 Å². The fourth-order valence-corrected chi connectivity index (χ4v) is 1.12. The van der Waals surface area contributed by atoms with E-state index in [1.54, 1.807) is 6.92 Å². The Balaban J connectivity index is 3.97. The normalized spacial score (nSPS) is 14.3. The van der Waals surface area contributed by atoms with E-state index in [-0.39, 0.29) is 12.3 Å². The van der Waals surface area contributed by atoms with Crippen LogP contribution < -0.4 is 11.1 Å². The van der Waals surface area contributed by atoms with Crippen LogP contribution in [0, 0.1) is 0 Å². The average molecular weight is 271 g/mol. The summed E-state index contributed by atoms with van der Waals surface area (Å²) >= 11 is 0. The average Bonchev–Trinajstić information content (AvgIpc) is 2.26. The van der Waals surface area contributed by atoms with Crippen molar-refractivity contribution in [1.82, 2.24) is 5.32 Å². The lowest BCUT2D eigenvalue weighted by Gasteiger charge is -2.16. The minimum atomic E-state index is -4.46. The van der Waals surface area contributed by atoms with Crippen LogP contribution in [0.25, 0.3) is 0 Å². The molecule has 18 heavy (non-hydrogen) atoms. The zero-order chi connectivity index (χ0) is 14.2. The third-order valence-electron chi connectivity index (χ3n) is 1.94. The van der Waals surface area contributed by atoms with E-state index in [1.165, 1.54) is 0 Å². The number of rotatable bonds is 7. The van der Waals surface area contributed by atoms with Gasteiger partial charge in [-0.15, -0.1) is 0 Å². The Hall–Kier alpha value is -1.51. The molecular weight excluding hydrogens is 255 g/mol. The van der Waals surface area contributed by atoms with E-state index in [2.05, 4.69) is 15.2 Å². The van der Waals surface area contributed by atoms with Gasteiger partial charge in [-0.25, -0.2) is 0 Å². The summed E-state index contributed by atoms with van der Waals surface area (Å²) in [6.45, 7) is -0.421. The van der Waals surface area contributed by atoms with Crippen molar-refractivity contribution in [3.8, 4) is 0 Å². The number of carbonyl (C=O) groups is 1. The first kappa shape index (κ1) is 16.5. The van der Waals surface area contributed by atoms with Crippen molar-refractivity contribution in [2.24, 2.45) is 10.9 Å². The molecule has 0 radical (unpaired) electrons. The van der Waals surface area contributed by atoms with Gasteiger partial charge in [-0.3, -0.25) is 4.79 Å². The zero-order valence-electron chi connectivity index (χ0n) is 9.83. The van der Waals surface area contributed by atoms with E-state index >= 15 is 0 Å². The summed E-state index contributed by atoms with van der Waals surface area (Å²) < 4.78 is 39.4. The second-order valence-corrected chi connectivity index (χ2v) is 3.58. The Morgan fingerprint density at radius 2 is 2.17 bits per heavy atom. The number of alkyl halides is 3. The van der Waals surface area contributed by atoms with Gasteiger partial charge < -0.3 is 21.0 Å². The van der Waals surface area contributed by atoms with Crippen LogP contribution in [0.5, 0.6) is 0 Å². The summed E-state index contributed by atoms with van der Waals surface area (Å²) in [4.78, 5) is 11.2. The number of oxime groups is 1. The van der Waals surface area contributed by atoms with Gasteiger partial charge in [0.1, 0.15) is 19.0 Å². The molecule has 1 atom stereocenters. The van der Waals surface area contributed by atoms with Gasteiger partial charge in [-0.05, 0) is 6.42 Å². The molecule has 1 unspecified atom stereocenters. The van der Waals surface area contributed by atoms with Crippen molar-refractivity contribution in [2.75, 3.05) is 13.2 Å². The number of nitrogens with one attached hydrogen (secondary N) is 1. The number of amidine groups is 1. The first-order valence-corrected chi connectivity index (χ1v) is 5.18. The van der Waals surface area contributed by atoms with Crippen molar-refractivity contribution in [2.45, 2.75) is 32.0 Å². The highest BCUT2D eigenvalue weighted by Crippen LogP contribution is 2.14. The molecule has 0 saturated heterocycles. The Labute approximate surface area is 102 Å². The maximum absolute atomic E-state index is 11.7. The second kappa shape index (κ2) is 7.75. The van der Waals surface area contributed by atoms with Crippen molar-refractivity contribution in [3.63, 3.8) is 0 Å². The number of amides is 1. The van der Waals surface area contributed by atoms with E-state index in [9.17, 15) is 18.0 Å². The summed E-state index contributed by atoms with van der Waals surface area (Å²) in [5.74, 6) is -0.754. The lowest BCUT2D eigenvalue weighted by molar-refractivity contribution is -0.175. The predicted octanol–water partition coefficient (Wildman–Crippen LogP) is 0.597. The van der Waals surface area contributed by atoms with Crippen LogP contribution in [0.4, 0.5) is 13.2 Å². The fraction of sp³-hybridized carbons (Fsp3) is 0.778. The number of hydrogen-bond donors (Lipinski definition) is 3. The summed E-state index contributed by atoms with van der Waals surface area (Å²) in [6, 6.07) is -0.414. The molecule has 0 heterocycles. The van der Waals surface area contributed by atoms with Gasteiger partial charge in [-0.1, -0.05) is 12.1 Å². The van der Waals surface area contributed by atoms with Gasteiger partial charge >= 0.3 is 6.18 Å². The van der Waals surface area contributed by atoms with Gasteiger partial charge in [0.25, 0.3) is 0 Å². The van der Waals surface area contributed by atoms with E-state index in [4.69, 9.17) is 10.9 Å². The van der Waals surface area contributed by atoms with Crippen LogP contribution in [0.2, 0.25) is 0 Å². The summed E-state index contributed by atoms with van der Waals surface area (Å²) in [5.41, 5.74) is 5.25. The van der Waals surface area contributed by atoms with Crippen molar-refractivity contribution in [1.29, 1.82) is 0 Å². The molecule has 0 bridgehead atoms. The molecule has 0 spiro atoms. The molecule has 0 aromatic rings. The third-order valence-corrected chi connectivity index (χ3v) is 1.94. The van der Waals surface area contributed by atoms with Gasteiger partial charge in [0.05, 0.1) is 0 Å². The standard InChI is InChI=1S/C9H16F3N3O3/c1-2-6(3-7(13)15-17)14-8(16)4-18-5-9(10,11)12/h6,17H,2-5H2,1H3,(H2,13,15)(H,14,16). The Morgan fingerprint density at radius 1 is 1.56 bits per heavy atom. The van der Waals surface area contributed by atoms with Crippen LogP contribution in [-0.2, 0) is 9.53 Å². The fourth-order valence-electron chi connectivity index (χ4n) is 1.12. The molecule has 0 fully saturated rings. The number of ether oxygens (including phenoxy) is 1. The molecule has 0 aromatic heterocycles. The van der Waals surface area contributed by atoms with Gasteiger partial charge in [0, 0.05) is 12.5 Å². The van der Waals surface area contributed by atoms with Crippen LogP contribution in [0.3, 0.4) is 0 Å². The van der Waals surface area contributed by atoms with Gasteiger partial charge in [0.2, 0.25) is 5.91 Å². The molecular formula is C9H16F3N3O3. The number of carbonyl (C=O) groups excluding carboxylic acids is 1. The lowest BCUT2D eigenvalue weighted by Crippen LogP contribution is -2.39. The van der Waals surface area contributed by atoms with E-state index in [0.29, 0.717) is 6.42 Å². The topological polar surface area (TPSA) is 96.9 Å². The maximum atomic E-state index is 11.7. The summed E-state index contributed by atoms with van der Waals surface area (Å²) in [5, 5.41) is 13.5. The quantitative estimate of drug-likeness (QED) is 0.273. The first-order chi connectivity index (χ1) is 8.28. The smallest absolute Gasteiger partial charge is 0.409 e. The summed E-state index contributed by atoms with van der Waals surface area (Å²) in [6.07, 6.45) is -3.86. The number of nitrogens with zero attached hydrogens (tertiary/aromatic N) is 1. The van der Waals surface area contributed by atoms with Crippen molar-refractivity contribution < 1.29 is 27.9 Å². The monoisotopic (exact) mass is 271 g/mol. The number of halogens is 3. The summed E-state index contributed by atoms with van der Waals surface area (Å²) in [7, 11) is 0. The Morgan fingerprint density at radius 3 is 2.61 bits per heavy atom. The van der Waals surface area contributed by atoms with Crippen LogP contribution >= 0.6 is 0 Å². The van der Waals surface area contributed by atoms with E-state index < -0.39 is 31.3 Å². The Kier molecular flexibility index (Phi) is 7.10. The molecule has 106 valence electrons. The highest BCUT2D eigenvalue weighted by Gasteiger charge is 2.27. The molecule has 4 N–H and O–H groups in total. The van der Waals surface area contributed by atoms with Gasteiger partial charge in [0.15, 0.2) is 0 Å². The molecule has 6 nitrogen and oxygen atoms in total. The lowest BCUT2D eigenvalue weighted by atomic mass is 10.1. The van der Waals surface area contributed by atoms with Crippen molar-refractivity contribution in [3.05, 3.63) is 0 Å². The molecule has 0 aromatic carbocycles. The number of nitrogens with two attached hydrogens (primary N) is 1. The largest absolute Gasteiger partial charge is 0.411 e.